The molecular formula is C10H13NOS3. The van der Waals surface area contributed by atoms with Gasteiger partial charge in [0.1, 0.15) is 0 Å². The lowest BCUT2D eigenvalue weighted by Crippen LogP contribution is -2.33. The number of nitrogens with one attached hydrogen (secondary N) is 1. The minimum Gasteiger partial charge on any atom is -0.350 e. The topological polar surface area (TPSA) is 29.1 Å². The third-order valence-electron chi connectivity index (χ3n) is 2.12. The van der Waals surface area contributed by atoms with Gasteiger partial charge in [0, 0.05) is 29.1 Å². The van der Waals surface area contributed by atoms with Crippen LogP contribution in [-0.2, 0) is 0 Å². The molecule has 1 aliphatic heterocycles. The quantitative estimate of drug-likeness (QED) is 0.903. The van der Waals surface area contributed by atoms with Crippen LogP contribution in [0.3, 0.4) is 0 Å². The van der Waals surface area contributed by atoms with Gasteiger partial charge < -0.3 is 5.32 Å². The van der Waals surface area contributed by atoms with E-state index in [4.69, 9.17) is 0 Å². The first-order valence-electron chi connectivity index (χ1n) is 4.87. The van der Waals surface area contributed by atoms with E-state index >= 15 is 0 Å². The molecule has 1 unspecified atom stereocenters. The lowest BCUT2D eigenvalue weighted by Gasteiger charge is -2.20. The lowest BCUT2D eigenvalue weighted by molar-refractivity contribution is 0.0958. The number of thioether (sulfide) groups is 2. The van der Waals surface area contributed by atoms with Crippen molar-refractivity contribution in [1.29, 1.82) is 0 Å². The number of hydrogen-bond donors (Lipinski definition) is 1. The molecule has 0 bridgehead atoms. The minimum absolute atomic E-state index is 0.0705. The minimum atomic E-state index is 0.0705. The third-order valence-corrected chi connectivity index (χ3v) is 5.83. The SMILES string of the molecule is O=C(NCC1CSCCS1)c1cccs1. The highest BCUT2D eigenvalue weighted by atomic mass is 32.2. The number of carbonyl (C=O) groups is 1. The highest BCUT2D eigenvalue weighted by molar-refractivity contribution is 8.06. The van der Waals surface area contributed by atoms with E-state index in [1.54, 1.807) is 0 Å². The van der Waals surface area contributed by atoms with Crippen molar-refractivity contribution >= 4 is 40.8 Å². The number of thiophene rings is 1. The predicted molar refractivity (Wildman–Crippen MR) is 70.2 cm³/mol. The molecule has 0 aliphatic carbocycles. The highest BCUT2D eigenvalue weighted by Crippen LogP contribution is 2.23. The van der Waals surface area contributed by atoms with E-state index in [0.717, 1.165) is 17.2 Å². The van der Waals surface area contributed by atoms with Crippen molar-refractivity contribution in [2.24, 2.45) is 0 Å². The molecule has 2 rings (SSSR count). The molecule has 1 aliphatic rings. The van der Waals surface area contributed by atoms with Gasteiger partial charge in [0.15, 0.2) is 0 Å². The molecule has 0 spiro atoms. The molecule has 0 aromatic carbocycles. The molecule has 2 heterocycles. The van der Waals surface area contributed by atoms with Gasteiger partial charge >= 0.3 is 0 Å². The van der Waals surface area contributed by atoms with Crippen LogP contribution in [0.15, 0.2) is 17.5 Å². The zero-order valence-corrected chi connectivity index (χ0v) is 10.7. The first-order valence-corrected chi connectivity index (χ1v) is 7.95. The van der Waals surface area contributed by atoms with Gasteiger partial charge in [-0.15, -0.1) is 11.3 Å². The summed E-state index contributed by atoms with van der Waals surface area (Å²) in [6.45, 7) is 0.800. The van der Waals surface area contributed by atoms with Gasteiger partial charge in [-0.2, -0.15) is 23.5 Å². The fourth-order valence-corrected chi connectivity index (χ4v) is 4.61. The van der Waals surface area contributed by atoms with Crippen LogP contribution >= 0.6 is 34.9 Å². The summed E-state index contributed by atoms with van der Waals surface area (Å²) in [6.07, 6.45) is 0. The normalized spacial score (nSPS) is 21.2. The molecule has 15 heavy (non-hydrogen) atoms. The molecule has 82 valence electrons. The fourth-order valence-electron chi connectivity index (χ4n) is 1.36. The van der Waals surface area contributed by atoms with Gasteiger partial charge in [-0.25, -0.2) is 0 Å². The van der Waals surface area contributed by atoms with Crippen molar-refractivity contribution in [2.45, 2.75) is 5.25 Å². The maximum absolute atomic E-state index is 11.6. The second kappa shape index (κ2) is 5.82. The molecule has 0 radical (unpaired) electrons. The summed E-state index contributed by atoms with van der Waals surface area (Å²) in [5, 5.41) is 5.51. The van der Waals surface area contributed by atoms with E-state index in [2.05, 4.69) is 5.32 Å². The largest absolute Gasteiger partial charge is 0.350 e. The summed E-state index contributed by atoms with van der Waals surface area (Å²) in [4.78, 5) is 12.4. The van der Waals surface area contributed by atoms with Crippen LogP contribution < -0.4 is 5.32 Å². The summed E-state index contributed by atoms with van der Waals surface area (Å²) < 4.78 is 0. The monoisotopic (exact) mass is 259 g/mol. The van der Waals surface area contributed by atoms with Crippen LogP contribution in [0.4, 0.5) is 0 Å². The summed E-state index contributed by atoms with van der Waals surface area (Å²) in [6, 6.07) is 3.77. The number of rotatable bonds is 3. The first kappa shape index (κ1) is 11.4. The van der Waals surface area contributed by atoms with Gasteiger partial charge in [-0.1, -0.05) is 6.07 Å². The van der Waals surface area contributed by atoms with Crippen LogP contribution in [0.2, 0.25) is 0 Å². The zero-order chi connectivity index (χ0) is 10.5. The van der Waals surface area contributed by atoms with E-state index in [9.17, 15) is 4.79 Å². The summed E-state index contributed by atoms with van der Waals surface area (Å²) >= 11 is 5.45. The van der Waals surface area contributed by atoms with Gasteiger partial charge in [-0.05, 0) is 11.4 Å². The average Bonchev–Trinajstić information content (AvgIpc) is 2.81. The molecule has 1 saturated heterocycles. The van der Waals surface area contributed by atoms with Crippen molar-refractivity contribution in [3.63, 3.8) is 0 Å². The summed E-state index contributed by atoms with van der Waals surface area (Å²) in [5.74, 6) is 3.70. The Kier molecular flexibility index (Phi) is 4.41. The Morgan fingerprint density at radius 1 is 1.53 bits per heavy atom. The first-order chi connectivity index (χ1) is 7.36. The Morgan fingerprint density at radius 3 is 3.13 bits per heavy atom. The van der Waals surface area contributed by atoms with Crippen molar-refractivity contribution < 1.29 is 4.79 Å². The maximum Gasteiger partial charge on any atom is 0.261 e. The van der Waals surface area contributed by atoms with Crippen molar-refractivity contribution in [1.82, 2.24) is 5.32 Å². The second-order valence-corrected chi connectivity index (χ2v) is 6.76. The molecule has 5 heteroatoms. The number of hydrogen-bond acceptors (Lipinski definition) is 4. The molecule has 0 saturated carbocycles. The Labute approximate surface area is 102 Å². The average molecular weight is 259 g/mol. The summed E-state index contributed by atoms with van der Waals surface area (Å²) in [5.41, 5.74) is 0. The van der Waals surface area contributed by atoms with Crippen molar-refractivity contribution in [2.75, 3.05) is 23.8 Å². The van der Waals surface area contributed by atoms with Crippen LogP contribution in [-0.4, -0.2) is 35.0 Å². The third kappa shape index (κ3) is 3.43. The van der Waals surface area contributed by atoms with Crippen LogP contribution in [0.5, 0.6) is 0 Å². The molecule has 1 aromatic rings. The Hall–Kier alpha value is -0.130. The Morgan fingerprint density at radius 2 is 2.47 bits per heavy atom. The molecule has 2 nitrogen and oxygen atoms in total. The lowest BCUT2D eigenvalue weighted by atomic mass is 10.4. The smallest absolute Gasteiger partial charge is 0.261 e. The van der Waals surface area contributed by atoms with E-state index in [0.29, 0.717) is 5.25 Å². The van der Waals surface area contributed by atoms with E-state index in [1.165, 1.54) is 22.8 Å². The molecular weight excluding hydrogens is 246 g/mol. The van der Waals surface area contributed by atoms with E-state index in [1.807, 2.05) is 41.0 Å². The molecule has 1 aromatic heterocycles. The maximum atomic E-state index is 11.6. The Balaban J connectivity index is 1.75. The second-order valence-electron chi connectivity index (χ2n) is 3.26. The van der Waals surface area contributed by atoms with Crippen LogP contribution in [0.25, 0.3) is 0 Å². The summed E-state index contributed by atoms with van der Waals surface area (Å²) in [7, 11) is 0. The van der Waals surface area contributed by atoms with Gasteiger partial charge in [0.25, 0.3) is 5.91 Å². The highest BCUT2D eigenvalue weighted by Gasteiger charge is 2.15. The van der Waals surface area contributed by atoms with Crippen LogP contribution in [0.1, 0.15) is 9.67 Å². The fraction of sp³-hybridized carbons (Fsp3) is 0.500. The van der Waals surface area contributed by atoms with Gasteiger partial charge in [0.05, 0.1) is 4.88 Å². The van der Waals surface area contributed by atoms with E-state index in [-0.39, 0.29) is 5.91 Å². The molecule has 1 atom stereocenters. The van der Waals surface area contributed by atoms with E-state index < -0.39 is 0 Å². The standard InChI is InChI=1S/C10H13NOS3/c12-10(9-2-1-3-15-9)11-6-8-7-13-4-5-14-8/h1-3,8H,4-7H2,(H,11,12). The predicted octanol–water partition coefficient (Wildman–Crippen LogP) is 2.33. The molecule has 1 N–H and O–H groups in total. The molecule has 1 amide bonds. The van der Waals surface area contributed by atoms with Crippen molar-refractivity contribution in [3.05, 3.63) is 22.4 Å². The zero-order valence-electron chi connectivity index (χ0n) is 8.27. The van der Waals surface area contributed by atoms with Crippen LogP contribution in [0, 0.1) is 0 Å². The van der Waals surface area contributed by atoms with Crippen molar-refractivity contribution in [3.8, 4) is 0 Å². The Bertz CT molecular complexity index is 306. The number of carbonyl (C=O) groups excluding carboxylic acids is 1. The van der Waals surface area contributed by atoms with Gasteiger partial charge in [0.2, 0.25) is 0 Å². The van der Waals surface area contributed by atoms with Gasteiger partial charge in [-0.3, -0.25) is 4.79 Å². The number of amides is 1. The molecule has 1 fully saturated rings.